The van der Waals surface area contributed by atoms with Gasteiger partial charge in [-0.2, -0.15) is 0 Å². The molecular weight excluding hydrogens is 342 g/mol. The third-order valence-electron chi connectivity index (χ3n) is 5.35. The lowest BCUT2D eigenvalue weighted by molar-refractivity contribution is -0.117. The molecule has 1 amide bonds. The van der Waals surface area contributed by atoms with E-state index in [1.807, 2.05) is 61.2 Å². The highest BCUT2D eigenvalue weighted by Crippen LogP contribution is 2.51. The molecule has 26 heavy (non-hydrogen) atoms. The maximum absolute atomic E-state index is 12.8. The maximum atomic E-state index is 12.8. The second kappa shape index (κ2) is 7.36. The number of benzene rings is 2. The molecule has 1 spiro atoms. The number of carbonyl (C=O) groups excluding carboxylic acids is 1. The molecule has 0 aromatic heterocycles. The first-order valence-electron chi connectivity index (χ1n) is 9.47. The fourth-order valence-electron chi connectivity index (χ4n) is 4.06. The standard InChI is InChI=1S/C22H25NO2S/c1-17-21(24)23(22(26-17)14-6-3-7-15-22)19-10-12-20(13-11-19)25-16-18-8-4-2-5-9-18/h2,4-5,8-13,17H,3,6-7,14-16H2,1H3/t17-/m1/s1. The van der Waals surface area contributed by atoms with Crippen LogP contribution in [0.25, 0.3) is 0 Å². The van der Waals surface area contributed by atoms with Gasteiger partial charge in [-0.15, -0.1) is 11.8 Å². The predicted octanol–water partition coefficient (Wildman–Crippen LogP) is 5.39. The van der Waals surface area contributed by atoms with Crippen LogP contribution in [-0.2, 0) is 11.4 Å². The third-order valence-corrected chi connectivity index (χ3v) is 6.93. The summed E-state index contributed by atoms with van der Waals surface area (Å²) in [6.07, 6.45) is 5.90. The minimum Gasteiger partial charge on any atom is -0.489 e. The maximum Gasteiger partial charge on any atom is 0.241 e. The average Bonchev–Trinajstić information content (AvgIpc) is 2.91. The Labute approximate surface area is 159 Å². The summed E-state index contributed by atoms with van der Waals surface area (Å²) in [6, 6.07) is 18.2. The van der Waals surface area contributed by atoms with Crippen LogP contribution < -0.4 is 9.64 Å². The Morgan fingerprint density at radius 2 is 1.73 bits per heavy atom. The Balaban J connectivity index is 1.51. The second-order valence-electron chi connectivity index (χ2n) is 7.21. The van der Waals surface area contributed by atoms with Crippen molar-refractivity contribution in [1.82, 2.24) is 0 Å². The molecule has 1 aliphatic heterocycles. The second-order valence-corrected chi connectivity index (χ2v) is 8.91. The SMILES string of the molecule is C[C@H]1SC2(CCCCC2)N(c2ccc(OCc3ccccc3)cc2)C1=O. The van der Waals surface area contributed by atoms with Crippen LogP contribution in [0.5, 0.6) is 5.75 Å². The van der Waals surface area contributed by atoms with Gasteiger partial charge in [-0.05, 0) is 49.6 Å². The first kappa shape index (κ1) is 17.5. The zero-order valence-electron chi connectivity index (χ0n) is 15.2. The predicted molar refractivity (Wildman–Crippen MR) is 108 cm³/mol. The fraction of sp³-hybridized carbons (Fsp3) is 0.409. The molecule has 0 bridgehead atoms. The Hall–Kier alpha value is -1.94. The zero-order chi connectivity index (χ0) is 18.0. The van der Waals surface area contributed by atoms with Crippen LogP contribution in [0.1, 0.15) is 44.6 Å². The van der Waals surface area contributed by atoms with Gasteiger partial charge in [0.05, 0.1) is 10.1 Å². The molecule has 1 saturated carbocycles. The molecule has 0 N–H and O–H groups in total. The van der Waals surface area contributed by atoms with Gasteiger partial charge in [0.25, 0.3) is 0 Å². The molecule has 0 unspecified atom stereocenters. The van der Waals surface area contributed by atoms with Crippen molar-refractivity contribution in [3.05, 3.63) is 60.2 Å². The summed E-state index contributed by atoms with van der Waals surface area (Å²) in [4.78, 5) is 14.9. The summed E-state index contributed by atoms with van der Waals surface area (Å²) < 4.78 is 5.89. The minimum atomic E-state index is -0.0405. The monoisotopic (exact) mass is 367 g/mol. The van der Waals surface area contributed by atoms with E-state index >= 15 is 0 Å². The molecule has 2 aromatic carbocycles. The van der Waals surface area contributed by atoms with Crippen molar-refractivity contribution >= 4 is 23.4 Å². The molecule has 1 atom stereocenters. The normalized spacial score (nSPS) is 22.0. The summed E-state index contributed by atoms with van der Waals surface area (Å²) in [6.45, 7) is 2.60. The Kier molecular flexibility index (Phi) is 4.94. The van der Waals surface area contributed by atoms with Gasteiger partial charge >= 0.3 is 0 Å². The molecule has 0 radical (unpaired) electrons. The lowest BCUT2D eigenvalue weighted by Gasteiger charge is -2.40. The molecule has 1 aliphatic carbocycles. The number of thioether (sulfide) groups is 1. The molecule has 4 rings (SSSR count). The van der Waals surface area contributed by atoms with Gasteiger partial charge in [0.1, 0.15) is 12.4 Å². The lowest BCUT2D eigenvalue weighted by atomic mass is 9.93. The van der Waals surface area contributed by atoms with E-state index < -0.39 is 0 Å². The number of anilines is 1. The van der Waals surface area contributed by atoms with Crippen molar-refractivity contribution in [2.24, 2.45) is 0 Å². The summed E-state index contributed by atoms with van der Waals surface area (Å²) in [5.41, 5.74) is 2.15. The number of hydrogen-bond donors (Lipinski definition) is 0. The summed E-state index contributed by atoms with van der Waals surface area (Å²) in [5, 5.41) is 0.0436. The van der Waals surface area contributed by atoms with Gasteiger partial charge in [0, 0.05) is 5.69 Å². The zero-order valence-corrected chi connectivity index (χ0v) is 16.0. The first-order chi connectivity index (χ1) is 12.7. The highest BCUT2D eigenvalue weighted by Gasteiger charge is 2.50. The van der Waals surface area contributed by atoms with Crippen LogP contribution in [0.3, 0.4) is 0 Å². The van der Waals surface area contributed by atoms with Crippen LogP contribution in [0.15, 0.2) is 54.6 Å². The molecule has 2 aromatic rings. The van der Waals surface area contributed by atoms with E-state index in [1.54, 1.807) is 0 Å². The number of amides is 1. The van der Waals surface area contributed by atoms with Crippen molar-refractivity contribution < 1.29 is 9.53 Å². The van der Waals surface area contributed by atoms with Crippen molar-refractivity contribution in [3.63, 3.8) is 0 Å². The summed E-state index contributed by atoms with van der Waals surface area (Å²) in [5.74, 6) is 1.08. The number of carbonyl (C=O) groups is 1. The van der Waals surface area contributed by atoms with Gasteiger partial charge in [-0.25, -0.2) is 0 Å². The molecule has 1 heterocycles. The largest absolute Gasteiger partial charge is 0.489 e. The molecule has 136 valence electrons. The van der Waals surface area contributed by atoms with Crippen LogP contribution in [0.4, 0.5) is 5.69 Å². The average molecular weight is 368 g/mol. The topological polar surface area (TPSA) is 29.5 Å². The lowest BCUT2D eigenvalue weighted by Crippen LogP contribution is -2.46. The van der Waals surface area contributed by atoms with Crippen LogP contribution in [-0.4, -0.2) is 16.0 Å². The fourth-order valence-corrected chi connectivity index (χ4v) is 5.74. The molecule has 2 aliphatic rings. The van der Waals surface area contributed by atoms with Gasteiger partial charge in [-0.3, -0.25) is 9.69 Å². The van der Waals surface area contributed by atoms with Gasteiger partial charge < -0.3 is 4.74 Å². The van der Waals surface area contributed by atoms with Gasteiger partial charge in [0.15, 0.2) is 0 Å². The van der Waals surface area contributed by atoms with E-state index in [-0.39, 0.29) is 16.0 Å². The summed E-state index contributed by atoms with van der Waals surface area (Å²) >= 11 is 1.86. The Bertz CT molecular complexity index is 753. The molecule has 2 fully saturated rings. The molecule has 1 saturated heterocycles. The third kappa shape index (κ3) is 3.35. The van der Waals surface area contributed by atoms with Crippen molar-refractivity contribution in [1.29, 1.82) is 0 Å². The van der Waals surface area contributed by atoms with Crippen molar-refractivity contribution in [3.8, 4) is 5.75 Å². The van der Waals surface area contributed by atoms with E-state index in [9.17, 15) is 4.79 Å². The number of rotatable bonds is 4. The summed E-state index contributed by atoms with van der Waals surface area (Å²) in [7, 11) is 0. The molecule has 3 nitrogen and oxygen atoms in total. The first-order valence-corrected chi connectivity index (χ1v) is 10.3. The van der Waals surface area contributed by atoms with Crippen molar-refractivity contribution in [2.45, 2.75) is 55.8 Å². The number of hydrogen-bond acceptors (Lipinski definition) is 3. The van der Waals surface area contributed by atoms with Gasteiger partial charge in [0.2, 0.25) is 5.91 Å². The van der Waals surface area contributed by atoms with Gasteiger partial charge in [-0.1, -0.05) is 49.6 Å². The molecular formula is C22H25NO2S. The van der Waals surface area contributed by atoms with Crippen LogP contribution in [0.2, 0.25) is 0 Å². The number of nitrogens with zero attached hydrogens (tertiary/aromatic N) is 1. The molecule has 4 heteroatoms. The van der Waals surface area contributed by atoms with E-state index in [0.29, 0.717) is 6.61 Å². The van der Waals surface area contributed by atoms with E-state index in [0.717, 1.165) is 29.8 Å². The van der Waals surface area contributed by atoms with E-state index in [1.165, 1.54) is 19.3 Å². The van der Waals surface area contributed by atoms with E-state index in [2.05, 4.69) is 17.0 Å². The quantitative estimate of drug-likeness (QED) is 0.725. The van der Waals surface area contributed by atoms with Crippen LogP contribution in [0, 0.1) is 0 Å². The highest BCUT2D eigenvalue weighted by molar-refractivity contribution is 8.02. The Morgan fingerprint density at radius 3 is 2.42 bits per heavy atom. The highest BCUT2D eigenvalue weighted by atomic mass is 32.2. The smallest absolute Gasteiger partial charge is 0.241 e. The Morgan fingerprint density at radius 1 is 1.04 bits per heavy atom. The van der Waals surface area contributed by atoms with Crippen LogP contribution >= 0.6 is 11.8 Å². The van der Waals surface area contributed by atoms with E-state index in [4.69, 9.17) is 4.74 Å². The minimum absolute atomic E-state index is 0.0405. The number of ether oxygens (including phenoxy) is 1. The van der Waals surface area contributed by atoms with Crippen molar-refractivity contribution in [2.75, 3.05) is 4.90 Å².